The smallest absolute Gasteiger partial charge is 0.0695 e. The summed E-state index contributed by atoms with van der Waals surface area (Å²) in [7, 11) is 0. The van der Waals surface area contributed by atoms with Gasteiger partial charge >= 0.3 is 0 Å². The standard InChI is InChI=1S/C10H20O/c1-4-6-10(7-5-2)8-9(3)11/h8-9,11H,4-7H2,1-3H3/t9-/m1/s1. The molecule has 0 bridgehead atoms. The summed E-state index contributed by atoms with van der Waals surface area (Å²) in [6, 6.07) is 0. The second-order valence-electron chi connectivity index (χ2n) is 3.07. The Bertz CT molecular complexity index is 106. The molecule has 0 fully saturated rings. The summed E-state index contributed by atoms with van der Waals surface area (Å²) in [5, 5.41) is 9.10. The lowest BCUT2D eigenvalue weighted by Crippen LogP contribution is -1.96. The molecule has 0 aromatic rings. The van der Waals surface area contributed by atoms with Crippen LogP contribution in [0.25, 0.3) is 0 Å². The Morgan fingerprint density at radius 2 is 1.73 bits per heavy atom. The molecule has 1 heteroatoms. The number of aliphatic hydroxyl groups excluding tert-OH is 1. The van der Waals surface area contributed by atoms with E-state index in [0.29, 0.717) is 0 Å². The Labute approximate surface area is 70.1 Å². The van der Waals surface area contributed by atoms with Crippen LogP contribution in [0.1, 0.15) is 46.5 Å². The van der Waals surface area contributed by atoms with Gasteiger partial charge in [-0.25, -0.2) is 0 Å². The van der Waals surface area contributed by atoms with Crippen molar-refractivity contribution in [2.24, 2.45) is 0 Å². The molecule has 0 aliphatic carbocycles. The minimum atomic E-state index is -0.275. The summed E-state index contributed by atoms with van der Waals surface area (Å²) in [6.07, 6.45) is 6.34. The fourth-order valence-corrected chi connectivity index (χ4v) is 1.28. The van der Waals surface area contributed by atoms with Gasteiger partial charge in [0.25, 0.3) is 0 Å². The first kappa shape index (κ1) is 10.7. The van der Waals surface area contributed by atoms with E-state index in [4.69, 9.17) is 5.11 Å². The van der Waals surface area contributed by atoms with Crippen molar-refractivity contribution in [3.63, 3.8) is 0 Å². The first-order chi connectivity index (χ1) is 5.20. The number of rotatable bonds is 5. The maximum absolute atomic E-state index is 9.10. The molecule has 0 saturated carbocycles. The quantitative estimate of drug-likeness (QED) is 0.607. The van der Waals surface area contributed by atoms with Crippen molar-refractivity contribution in [1.82, 2.24) is 0 Å². The third-order valence-electron chi connectivity index (χ3n) is 1.62. The van der Waals surface area contributed by atoms with Gasteiger partial charge < -0.3 is 5.11 Å². The normalized spacial score (nSPS) is 12.7. The zero-order valence-electron chi connectivity index (χ0n) is 7.93. The summed E-state index contributed by atoms with van der Waals surface area (Å²) in [5.74, 6) is 0. The second-order valence-corrected chi connectivity index (χ2v) is 3.07. The summed E-state index contributed by atoms with van der Waals surface area (Å²) in [6.45, 7) is 6.16. The lowest BCUT2D eigenvalue weighted by atomic mass is 10.0. The van der Waals surface area contributed by atoms with Crippen molar-refractivity contribution >= 4 is 0 Å². The maximum atomic E-state index is 9.10. The van der Waals surface area contributed by atoms with E-state index in [9.17, 15) is 0 Å². The highest BCUT2D eigenvalue weighted by Crippen LogP contribution is 2.12. The van der Waals surface area contributed by atoms with Crippen molar-refractivity contribution in [2.75, 3.05) is 0 Å². The molecule has 66 valence electrons. The minimum absolute atomic E-state index is 0.275. The van der Waals surface area contributed by atoms with Crippen LogP contribution in [0.5, 0.6) is 0 Å². The Hall–Kier alpha value is -0.300. The van der Waals surface area contributed by atoms with E-state index in [0.717, 1.165) is 12.8 Å². The van der Waals surface area contributed by atoms with Crippen molar-refractivity contribution in [3.05, 3.63) is 11.6 Å². The molecule has 0 saturated heterocycles. The van der Waals surface area contributed by atoms with Gasteiger partial charge in [-0.15, -0.1) is 0 Å². The molecule has 0 rings (SSSR count). The Kier molecular flexibility index (Phi) is 6.24. The highest BCUT2D eigenvalue weighted by Gasteiger charge is 1.96. The second kappa shape index (κ2) is 6.41. The molecule has 0 radical (unpaired) electrons. The van der Waals surface area contributed by atoms with Crippen molar-refractivity contribution in [1.29, 1.82) is 0 Å². The summed E-state index contributed by atoms with van der Waals surface area (Å²) in [5.41, 5.74) is 1.41. The minimum Gasteiger partial charge on any atom is -0.389 e. The average molecular weight is 156 g/mol. The van der Waals surface area contributed by atoms with Gasteiger partial charge in [-0.05, 0) is 19.8 Å². The van der Waals surface area contributed by atoms with Gasteiger partial charge in [-0.1, -0.05) is 38.3 Å². The van der Waals surface area contributed by atoms with Crippen LogP contribution in [0.4, 0.5) is 0 Å². The van der Waals surface area contributed by atoms with Crippen molar-refractivity contribution < 1.29 is 5.11 Å². The molecule has 0 amide bonds. The highest BCUT2D eigenvalue weighted by atomic mass is 16.3. The van der Waals surface area contributed by atoms with Gasteiger partial charge in [0, 0.05) is 0 Å². The fraction of sp³-hybridized carbons (Fsp3) is 0.800. The Morgan fingerprint density at radius 1 is 1.27 bits per heavy atom. The number of aliphatic hydroxyl groups is 1. The molecule has 1 atom stereocenters. The van der Waals surface area contributed by atoms with E-state index in [1.54, 1.807) is 0 Å². The molecule has 1 nitrogen and oxygen atoms in total. The highest BCUT2D eigenvalue weighted by molar-refractivity contribution is 5.03. The van der Waals surface area contributed by atoms with E-state index in [-0.39, 0.29) is 6.10 Å². The molecule has 0 heterocycles. The van der Waals surface area contributed by atoms with Crippen LogP contribution in [-0.4, -0.2) is 11.2 Å². The van der Waals surface area contributed by atoms with E-state index in [2.05, 4.69) is 13.8 Å². The van der Waals surface area contributed by atoms with Gasteiger partial charge in [0.1, 0.15) is 0 Å². The summed E-state index contributed by atoms with van der Waals surface area (Å²) < 4.78 is 0. The van der Waals surface area contributed by atoms with Crippen LogP contribution < -0.4 is 0 Å². The molecule has 0 aromatic heterocycles. The fourth-order valence-electron chi connectivity index (χ4n) is 1.28. The van der Waals surface area contributed by atoms with Crippen LogP contribution in [0.2, 0.25) is 0 Å². The molecule has 0 aliphatic rings. The van der Waals surface area contributed by atoms with Gasteiger partial charge in [-0.3, -0.25) is 0 Å². The SMILES string of the molecule is CCCC(=C[C@@H](C)O)CCC. The lowest BCUT2D eigenvalue weighted by Gasteiger charge is -2.05. The third kappa shape index (κ3) is 6.11. The van der Waals surface area contributed by atoms with Crippen LogP contribution in [0, 0.1) is 0 Å². The first-order valence-electron chi connectivity index (χ1n) is 4.58. The van der Waals surface area contributed by atoms with Crippen LogP contribution >= 0.6 is 0 Å². The predicted molar refractivity (Wildman–Crippen MR) is 49.6 cm³/mol. The van der Waals surface area contributed by atoms with E-state index >= 15 is 0 Å². The topological polar surface area (TPSA) is 20.2 Å². The molecule has 1 N–H and O–H groups in total. The van der Waals surface area contributed by atoms with Crippen LogP contribution in [0.3, 0.4) is 0 Å². The summed E-state index contributed by atoms with van der Waals surface area (Å²) >= 11 is 0. The zero-order valence-corrected chi connectivity index (χ0v) is 7.93. The molecule has 11 heavy (non-hydrogen) atoms. The predicted octanol–water partition coefficient (Wildman–Crippen LogP) is 2.89. The molecule has 0 unspecified atom stereocenters. The lowest BCUT2D eigenvalue weighted by molar-refractivity contribution is 0.242. The number of hydrogen-bond acceptors (Lipinski definition) is 1. The third-order valence-corrected chi connectivity index (χ3v) is 1.62. The average Bonchev–Trinajstić information content (AvgIpc) is 1.87. The molecular formula is C10H20O. The van der Waals surface area contributed by atoms with Crippen LogP contribution in [-0.2, 0) is 0 Å². The maximum Gasteiger partial charge on any atom is 0.0695 e. The van der Waals surface area contributed by atoms with Gasteiger partial charge in [0.15, 0.2) is 0 Å². The Balaban J connectivity index is 3.86. The van der Waals surface area contributed by atoms with E-state index < -0.39 is 0 Å². The zero-order chi connectivity index (χ0) is 8.69. The largest absolute Gasteiger partial charge is 0.389 e. The molecule has 0 aliphatic heterocycles. The Morgan fingerprint density at radius 3 is 2.00 bits per heavy atom. The monoisotopic (exact) mass is 156 g/mol. The number of hydrogen-bond donors (Lipinski definition) is 1. The number of allylic oxidation sites excluding steroid dienone is 1. The van der Waals surface area contributed by atoms with Gasteiger partial charge in [0.2, 0.25) is 0 Å². The van der Waals surface area contributed by atoms with Gasteiger partial charge in [0.05, 0.1) is 6.10 Å². The first-order valence-corrected chi connectivity index (χ1v) is 4.58. The van der Waals surface area contributed by atoms with Crippen molar-refractivity contribution in [2.45, 2.75) is 52.6 Å². The van der Waals surface area contributed by atoms with Gasteiger partial charge in [-0.2, -0.15) is 0 Å². The van der Waals surface area contributed by atoms with E-state index in [1.165, 1.54) is 18.4 Å². The molecule has 0 spiro atoms. The molecular weight excluding hydrogens is 136 g/mol. The molecule has 0 aromatic carbocycles. The summed E-state index contributed by atoms with van der Waals surface area (Å²) in [4.78, 5) is 0. The van der Waals surface area contributed by atoms with E-state index in [1.807, 2.05) is 13.0 Å². The van der Waals surface area contributed by atoms with Crippen molar-refractivity contribution in [3.8, 4) is 0 Å². The van der Waals surface area contributed by atoms with Crippen LogP contribution in [0.15, 0.2) is 11.6 Å².